The number of allylic oxidation sites excluding steroid dienone is 8. The average Bonchev–Trinajstić information content (AvgIpc) is 2.93. The Morgan fingerprint density at radius 2 is 0.750 bits per heavy atom. The van der Waals surface area contributed by atoms with Crippen LogP contribution in [0.25, 0.3) is 0 Å². The Balaban J connectivity index is -0.00000722. The third-order valence-corrected chi connectivity index (χ3v) is 6.89. The second-order valence-electron chi connectivity index (χ2n) is 10.8. The monoisotopic (exact) mass is 566 g/mol. The molecule has 0 aliphatic heterocycles. The van der Waals surface area contributed by atoms with Gasteiger partial charge in [-0.2, -0.15) is 0 Å². The molecule has 0 amide bonds. The van der Waals surface area contributed by atoms with Crippen molar-refractivity contribution >= 4 is 11.9 Å². The number of ether oxygens (including phenoxy) is 1. The number of unbranched alkanes of at least 4 members (excludes halogenated alkanes) is 16. The summed E-state index contributed by atoms with van der Waals surface area (Å²) in [5, 5.41) is 0. The van der Waals surface area contributed by atoms with E-state index >= 15 is 0 Å². The minimum atomic E-state index is -0.353. The van der Waals surface area contributed by atoms with Gasteiger partial charge in [0.25, 0.3) is 0 Å². The number of carbonyl (C=O) groups excluding carboxylic acids is 2. The number of carbonyl (C=O) groups is 2. The molecule has 0 atom stereocenters. The molecule has 0 aromatic rings. The topological polar surface area (TPSA) is 43.4 Å². The number of rotatable bonds is 28. The van der Waals surface area contributed by atoms with Crippen LogP contribution >= 0.6 is 0 Å². The fourth-order valence-electron chi connectivity index (χ4n) is 4.39. The van der Waals surface area contributed by atoms with Crippen LogP contribution in [0.3, 0.4) is 0 Å². The molecule has 0 radical (unpaired) electrons. The summed E-state index contributed by atoms with van der Waals surface area (Å²) in [6.07, 6.45) is 44.3. The molecule has 0 aliphatic carbocycles. The van der Waals surface area contributed by atoms with Gasteiger partial charge in [0.2, 0.25) is 0 Å². The Bertz CT molecular complexity index is 614. The molecule has 3 nitrogen and oxygen atoms in total. The first-order valence-corrected chi connectivity index (χ1v) is 16.5. The predicted molar refractivity (Wildman–Crippen MR) is 171 cm³/mol. The van der Waals surface area contributed by atoms with Crippen molar-refractivity contribution in [2.75, 3.05) is 0 Å². The van der Waals surface area contributed by atoms with Crippen molar-refractivity contribution in [3.63, 3.8) is 0 Å². The van der Waals surface area contributed by atoms with E-state index in [2.05, 4.69) is 62.5 Å². The van der Waals surface area contributed by atoms with Crippen molar-refractivity contribution in [1.29, 1.82) is 0 Å². The van der Waals surface area contributed by atoms with Crippen molar-refractivity contribution in [3.05, 3.63) is 48.6 Å². The van der Waals surface area contributed by atoms with E-state index in [0.29, 0.717) is 12.8 Å². The van der Waals surface area contributed by atoms with Gasteiger partial charge in [0.05, 0.1) is 0 Å². The van der Waals surface area contributed by atoms with Crippen LogP contribution in [0.4, 0.5) is 0 Å². The molecule has 0 saturated carbocycles. The van der Waals surface area contributed by atoms with E-state index in [1.54, 1.807) is 0 Å². The van der Waals surface area contributed by atoms with Gasteiger partial charge in [-0.25, -0.2) is 0 Å². The molecule has 0 spiro atoms. The predicted octanol–water partition coefficient (Wildman–Crippen LogP) is 8.80. The van der Waals surface area contributed by atoms with Crippen LogP contribution in [-0.4, -0.2) is 11.9 Å². The first kappa shape index (κ1) is 41.2. The fourth-order valence-corrected chi connectivity index (χ4v) is 4.39. The van der Waals surface area contributed by atoms with Crippen LogP contribution in [0.2, 0.25) is 0 Å². The van der Waals surface area contributed by atoms with E-state index in [-0.39, 0.29) is 42.9 Å². The van der Waals surface area contributed by atoms with Crippen LogP contribution in [0.15, 0.2) is 48.6 Å². The van der Waals surface area contributed by atoms with Gasteiger partial charge in [0, 0.05) is 12.8 Å². The second kappa shape index (κ2) is 36.1. The number of hydrogen-bond donors (Lipinski definition) is 0. The zero-order chi connectivity index (χ0) is 28.5. The molecule has 0 heterocycles. The van der Waals surface area contributed by atoms with Crippen LogP contribution in [0.1, 0.15) is 169 Å². The molecule has 0 aliphatic rings. The third-order valence-electron chi connectivity index (χ3n) is 6.89. The average molecular weight is 567 g/mol. The molecule has 226 valence electrons. The Morgan fingerprint density at radius 1 is 0.450 bits per heavy atom. The zero-order valence-electron chi connectivity index (χ0n) is 27.8. The van der Waals surface area contributed by atoms with E-state index in [1.807, 2.05) is 0 Å². The first-order chi connectivity index (χ1) is 19.2. The van der Waals surface area contributed by atoms with Gasteiger partial charge in [0.15, 0.2) is 0 Å². The Kier molecular flexibility index (Phi) is 37.2. The van der Waals surface area contributed by atoms with Gasteiger partial charge in [-0.15, -0.1) is 0 Å². The molecule has 4 heteroatoms. The largest absolute Gasteiger partial charge is 1.00 e. The maximum Gasteiger partial charge on any atom is 1.00 e. The molecule has 0 N–H and O–H groups in total. The summed E-state index contributed by atoms with van der Waals surface area (Å²) in [5.41, 5.74) is 0. The quantitative estimate of drug-likeness (QED) is 0.0312. The van der Waals surface area contributed by atoms with Crippen LogP contribution in [0, 0.1) is 0 Å². The maximum absolute atomic E-state index is 11.9. The molecule has 0 rings (SSSR count). The summed E-state index contributed by atoms with van der Waals surface area (Å²) in [5.74, 6) is -0.707. The van der Waals surface area contributed by atoms with E-state index in [9.17, 15) is 9.59 Å². The van der Waals surface area contributed by atoms with E-state index in [0.717, 1.165) is 64.2 Å². The molecular weight excluding hydrogens is 503 g/mol. The van der Waals surface area contributed by atoms with E-state index in [1.165, 1.54) is 77.0 Å². The van der Waals surface area contributed by atoms with Gasteiger partial charge in [-0.05, 0) is 77.0 Å². The molecule has 0 unspecified atom stereocenters. The molecule has 0 fully saturated rings. The summed E-state index contributed by atoms with van der Waals surface area (Å²) in [6.45, 7) is 4.48. The summed E-state index contributed by atoms with van der Waals surface area (Å²) >= 11 is 0. The van der Waals surface area contributed by atoms with Gasteiger partial charge in [0.1, 0.15) is 0 Å². The molecule has 40 heavy (non-hydrogen) atoms. The summed E-state index contributed by atoms with van der Waals surface area (Å²) in [4.78, 5) is 23.8. The van der Waals surface area contributed by atoms with Crippen molar-refractivity contribution in [1.82, 2.24) is 0 Å². The second-order valence-corrected chi connectivity index (χ2v) is 10.8. The smallest absolute Gasteiger partial charge is 1.00 e. The van der Waals surface area contributed by atoms with Crippen molar-refractivity contribution < 1.29 is 45.3 Å². The van der Waals surface area contributed by atoms with E-state index in [4.69, 9.17) is 4.74 Å². The Morgan fingerprint density at radius 3 is 1.10 bits per heavy atom. The van der Waals surface area contributed by atoms with Gasteiger partial charge in [-0.3, -0.25) is 9.59 Å². The number of esters is 2. The Hall–Kier alpha value is -0.900. The summed E-state index contributed by atoms with van der Waals surface area (Å²) < 4.78 is 4.98. The zero-order valence-corrected chi connectivity index (χ0v) is 28.8. The maximum atomic E-state index is 11.9. The van der Waals surface area contributed by atoms with Gasteiger partial charge < -0.3 is 6.16 Å². The van der Waals surface area contributed by atoms with Crippen molar-refractivity contribution in [2.24, 2.45) is 0 Å². The molecular formula is C36H63NaO3. The SMILES string of the molecule is CCCCC/C=C\C/C=C\CCCCCCCC(=O)OC(=O)CCCCCCC/C=C\C/C=C\CCCCC.[H-].[Na+]. The third kappa shape index (κ3) is 35.1. The van der Waals surface area contributed by atoms with Crippen LogP contribution in [0.5, 0.6) is 0 Å². The molecule has 0 saturated heterocycles. The van der Waals surface area contributed by atoms with Crippen molar-refractivity contribution in [2.45, 2.75) is 168 Å². The minimum absolute atomic E-state index is 0. The Labute approximate surface area is 272 Å². The first-order valence-electron chi connectivity index (χ1n) is 16.5. The molecule has 0 bridgehead atoms. The minimum Gasteiger partial charge on any atom is -1.00 e. The standard InChI is InChI=1S/C36H62O3.Na.H/c1-3-5-7-9-11-13-15-17-19-21-23-25-27-29-31-33-35(37)39-36(38)34-32-30-28-26-24-22-20-18-16-14-12-10-8-6-4-2;;/h11-14,17-20H,3-10,15-16,21-34H2,1-2H3;;/q;+1;-1/b13-11-,14-12-,19-17-,20-18-;;. The van der Waals surface area contributed by atoms with Crippen LogP contribution in [-0.2, 0) is 14.3 Å². The van der Waals surface area contributed by atoms with Crippen molar-refractivity contribution in [3.8, 4) is 0 Å². The van der Waals surface area contributed by atoms with Gasteiger partial charge in [-0.1, -0.05) is 127 Å². The molecule has 0 aromatic heterocycles. The van der Waals surface area contributed by atoms with E-state index < -0.39 is 0 Å². The van der Waals surface area contributed by atoms with Crippen LogP contribution < -0.4 is 29.6 Å². The summed E-state index contributed by atoms with van der Waals surface area (Å²) in [6, 6.07) is 0. The number of hydrogen-bond acceptors (Lipinski definition) is 3. The summed E-state index contributed by atoms with van der Waals surface area (Å²) in [7, 11) is 0. The molecule has 0 aromatic carbocycles. The normalized spacial score (nSPS) is 11.8. The fraction of sp³-hybridized carbons (Fsp3) is 0.722. The van der Waals surface area contributed by atoms with Gasteiger partial charge >= 0.3 is 41.5 Å².